The number of carbonyl (C=O) groups is 1. The number of esters is 1. The summed E-state index contributed by atoms with van der Waals surface area (Å²) in [5, 5.41) is 5.21. The van der Waals surface area contributed by atoms with Crippen molar-refractivity contribution >= 4 is 21.7 Å². The van der Waals surface area contributed by atoms with Crippen LogP contribution in [0.3, 0.4) is 0 Å². The normalized spacial score (nSPS) is 15.1. The number of hydrogen-bond acceptors (Lipinski definition) is 7. The van der Waals surface area contributed by atoms with Gasteiger partial charge in [0.2, 0.25) is 10.0 Å². The van der Waals surface area contributed by atoms with Crippen molar-refractivity contribution < 1.29 is 22.7 Å². The summed E-state index contributed by atoms with van der Waals surface area (Å²) < 4.78 is 33.6. The van der Waals surface area contributed by atoms with Gasteiger partial charge in [-0.3, -0.25) is 4.90 Å². The monoisotopic (exact) mass is 433 g/mol. The SMILES string of the molecule is CCOc1ccc(CN2CCN(c3ccc(S(N)(=O)=O)cc3C(=O)OC)CC2)cc1. The highest BCUT2D eigenvalue weighted by Crippen LogP contribution is 2.26. The molecule has 162 valence electrons. The van der Waals surface area contributed by atoms with Gasteiger partial charge in [-0.05, 0) is 42.8 Å². The van der Waals surface area contributed by atoms with E-state index in [9.17, 15) is 13.2 Å². The standard InChI is InChI=1S/C21H27N3O5S/c1-3-29-17-6-4-16(5-7-17)15-23-10-12-24(13-11-23)20-9-8-18(30(22,26)27)14-19(20)21(25)28-2/h4-9,14H,3,10-13,15H2,1-2H3,(H2,22,26,27). The minimum absolute atomic E-state index is 0.110. The highest BCUT2D eigenvalue weighted by atomic mass is 32.2. The Labute approximate surface area is 177 Å². The van der Waals surface area contributed by atoms with E-state index in [1.807, 2.05) is 19.1 Å². The fourth-order valence-corrected chi connectivity index (χ4v) is 4.04. The Morgan fingerprint density at radius 2 is 1.73 bits per heavy atom. The molecule has 0 amide bonds. The second-order valence-electron chi connectivity index (χ2n) is 7.06. The zero-order chi connectivity index (χ0) is 21.7. The summed E-state index contributed by atoms with van der Waals surface area (Å²) in [6.45, 7) is 6.46. The molecule has 8 nitrogen and oxygen atoms in total. The van der Waals surface area contributed by atoms with Crippen LogP contribution >= 0.6 is 0 Å². The molecule has 2 aromatic carbocycles. The molecule has 0 aromatic heterocycles. The van der Waals surface area contributed by atoms with E-state index in [1.165, 1.54) is 24.8 Å². The third kappa shape index (κ3) is 5.29. The zero-order valence-electron chi connectivity index (χ0n) is 17.2. The maximum absolute atomic E-state index is 12.2. The molecule has 30 heavy (non-hydrogen) atoms. The highest BCUT2D eigenvalue weighted by Gasteiger charge is 2.24. The number of nitrogens with two attached hydrogens (primary N) is 1. The molecule has 9 heteroatoms. The Hall–Kier alpha value is -2.62. The molecule has 0 radical (unpaired) electrons. The molecule has 0 spiro atoms. The smallest absolute Gasteiger partial charge is 0.340 e. The van der Waals surface area contributed by atoms with Crippen LogP contribution in [0.1, 0.15) is 22.8 Å². The molecule has 1 aliphatic heterocycles. The number of benzene rings is 2. The summed E-state index contributed by atoms with van der Waals surface area (Å²) in [5.74, 6) is 0.275. The van der Waals surface area contributed by atoms with Crippen molar-refractivity contribution in [2.75, 3.05) is 44.8 Å². The van der Waals surface area contributed by atoms with Crippen molar-refractivity contribution in [1.29, 1.82) is 0 Å². The lowest BCUT2D eigenvalue weighted by atomic mass is 10.1. The second-order valence-corrected chi connectivity index (χ2v) is 8.62. The number of hydrogen-bond donors (Lipinski definition) is 1. The third-order valence-corrected chi connectivity index (χ3v) is 5.97. The summed E-state index contributed by atoms with van der Waals surface area (Å²) in [6, 6.07) is 12.4. The number of methoxy groups -OCH3 is 1. The van der Waals surface area contributed by atoms with Crippen LogP contribution in [0, 0.1) is 0 Å². The maximum atomic E-state index is 12.2. The van der Waals surface area contributed by atoms with Crippen LogP contribution in [-0.4, -0.2) is 59.2 Å². The Balaban J connectivity index is 1.69. The number of primary sulfonamides is 1. The van der Waals surface area contributed by atoms with Crippen LogP contribution in [-0.2, 0) is 21.3 Å². The van der Waals surface area contributed by atoms with E-state index in [1.54, 1.807) is 6.07 Å². The first-order valence-corrected chi connectivity index (χ1v) is 11.3. The number of sulfonamides is 1. The minimum atomic E-state index is -3.91. The minimum Gasteiger partial charge on any atom is -0.494 e. The van der Waals surface area contributed by atoms with Crippen LogP contribution in [0.2, 0.25) is 0 Å². The van der Waals surface area contributed by atoms with Crippen LogP contribution in [0.25, 0.3) is 0 Å². The third-order valence-electron chi connectivity index (χ3n) is 5.06. The van der Waals surface area contributed by atoms with Gasteiger partial charge < -0.3 is 14.4 Å². The zero-order valence-corrected chi connectivity index (χ0v) is 18.0. The molecule has 0 unspecified atom stereocenters. The van der Waals surface area contributed by atoms with Crippen molar-refractivity contribution in [3.05, 3.63) is 53.6 Å². The van der Waals surface area contributed by atoms with Gasteiger partial charge in [0.1, 0.15) is 5.75 Å². The Morgan fingerprint density at radius 3 is 2.30 bits per heavy atom. The van der Waals surface area contributed by atoms with Gasteiger partial charge in [0.15, 0.2) is 0 Å². The molecule has 1 fully saturated rings. The topological polar surface area (TPSA) is 102 Å². The lowest BCUT2D eigenvalue weighted by Crippen LogP contribution is -2.46. The van der Waals surface area contributed by atoms with E-state index in [0.29, 0.717) is 25.4 Å². The van der Waals surface area contributed by atoms with Crippen molar-refractivity contribution in [2.45, 2.75) is 18.4 Å². The van der Waals surface area contributed by atoms with Gasteiger partial charge in [0.05, 0.1) is 29.9 Å². The molecule has 1 aliphatic rings. The summed E-state index contributed by atoms with van der Waals surface area (Å²) in [4.78, 5) is 16.5. The van der Waals surface area contributed by atoms with E-state index >= 15 is 0 Å². The molecule has 1 heterocycles. The first kappa shape index (κ1) is 22.1. The fourth-order valence-electron chi connectivity index (χ4n) is 3.50. The number of carbonyl (C=O) groups excluding carboxylic acids is 1. The lowest BCUT2D eigenvalue weighted by molar-refractivity contribution is 0.0601. The molecule has 0 atom stereocenters. The molecule has 0 bridgehead atoms. The summed E-state index contributed by atoms with van der Waals surface area (Å²) in [6.07, 6.45) is 0. The van der Waals surface area contributed by atoms with E-state index in [-0.39, 0.29) is 10.5 Å². The van der Waals surface area contributed by atoms with Gasteiger partial charge in [-0.15, -0.1) is 0 Å². The second kappa shape index (κ2) is 9.46. The Morgan fingerprint density at radius 1 is 1.07 bits per heavy atom. The molecule has 3 rings (SSSR count). The molecule has 2 N–H and O–H groups in total. The molecular formula is C21H27N3O5S. The van der Waals surface area contributed by atoms with Gasteiger partial charge in [0.25, 0.3) is 0 Å². The first-order valence-electron chi connectivity index (χ1n) is 9.76. The average molecular weight is 434 g/mol. The molecular weight excluding hydrogens is 406 g/mol. The van der Waals surface area contributed by atoms with E-state index < -0.39 is 16.0 Å². The Bertz CT molecular complexity index is 984. The van der Waals surface area contributed by atoms with E-state index in [0.717, 1.165) is 25.4 Å². The predicted molar refractivity (Wildman–Crippen MR) is 114 cm³/mol. The van der Waals surface area contributed by atoms with Crippen LogP contribution in [0.5, 0.6) is 5.75 Å². The van der Waals surface area contributed by atoms with Gasteiger partial charge in [-0.1, -0.05) is 12.1 Å². The fraction of sp³-hybridized carbons (Fsp3) is 0.381. The summed E-state index contributed by atoms with van der Waals surface area (Å²) in [5.41, 5.74) is 2.05. The highest BCUT2D eigenvalue weighted by molar-refractivity contribution is 7.89. The molecule has 1 saturated heterocycles. The van der Waals surface area contributed by atoms with E-state index in [2.05, 4.69) is 21.9 Å². The van der Waals surface area contributed by atoms with Gasteiger partial charge >= 0.3 is 5.97 Å². The number of rotatable bonds is 7. The van der Waals surface area contributed by atoms with Crippen molar-refractivity contribution in [1.82, 2.24) is 4.90 Å². The van der Waals surface area contributed by atoms with Crippen LogP contribution < -0.4 is 14.8 Å². The largest absolute Gasteiger partial charge is 0.494 e. The molecule has 0 aliphatic carbocycles. The number of anilines is 1. The van der Waals surface area contributed by atoms with Crippen molar-refractivity contribution in [3.8, 4) is 5.75 Å². The number of piperazine rings is 1. The quantitative estimate of drug-likeness (QED) is 0.665. The first-order chi connectivity index (χ1) is 14.3. The van der Waals surface area contributed by atoms with E-state index in [4.69, 9.17) is 14.6 Å². The van der Waals surface area contributed by atoms with Gasteiger partial charge in [-0.2, -0.15) is 0 Å². The van der Waals surface area contributed by atoms with Gasteiger partial charge in [0, 0.05) is 32.7 Å². The molecule has 2 aromatic rings. The number of nitrogens with zero attached hydrogens (tertiary/aromatic N) is 2. The number of ether oxygens (including phenoxy) is 2. The summed E-state index contributed by atoms with van der Waals surface area (Å²) >= 11 is 0. The van der Waals surface area contributed by atoms with Crippen LogP contribution in [0.4, 0.5) is 5.69 Å². The van der Waals surface area contributed by atoms with Crippen LogP contribution in [0.15, 0.2) is 47.4 Å². The molecule has 0 saturated carbocycles. The average Bonchev–Trinajstić information content (AvgIpc) is 2.74. The lowest BCUT2D eigenvalue weighted by Gasteiger charge is -2.36. The van der Waals surface area contributed by atoms with Crippen molar-refractivity contribution in [3.63, 3.8) is 0 Å². The van der Waals surface area contributed by atoms with Crippen molar-refractivity contribution in [2.24, 2.45) is 5.14 Å². The Kier molecular flexibility index (Phi) is 6.96. The predicted octanol–water partition coefficient (Wildman–Crippen LogP) is 1.84. The summed E-state index contributed by atoms with van der Waals surface area (Å²) in [7, 11) is -2.64. The maximum Gasteiger partial charge on any atom is 0.340 e. The van der Waals surface area contributed by atoms with Gasteiger partial charge in [-0.25, -0.2) is 18.4 Å².